The summed E-state index contributed by atoms with van der Waals surface area (Å²) >= 11 is 1.28. The summed E-state index contributed by atoms with van der Waals surface area (Å²) in [5.41, 5.74) is 6.38. The van der Waals surface area contributed by atoms with Gasteiger partial charge < -0.3 is 9.47 Å². The minimum atomic E-state index is -0.402. The lowest BCUT2D eigenvalue weighted by molar-refractivity contribution is -0.122. The van der Waals surface area contributed by atoms with E-state index < -0.39 is 5.91 Å². The van der Waals surface area contributed by atoms with Crippen LogP contribution in [-0.2, 0) is 4.79 Å². The van der Waals surface area contributed by atoms with Gasteiger partial charge in [-0.05, 0) is 19.1 Å². The van der Waals surface area contributed by atoms with Crippen LogP contribution in [0.25, 0.3) is 10.6 Å². The molecule has 150 valence electrons. The first kappa shape index (κ1) is 20.3. The van der Waals surface area contributed by atoms with Gasteiger partial charge >= 0.3 is 0 Å². The van der Waals surface area contributed by atoms with Crippen LogP contribution >= 0.6 is 11.3 Å². The molecule has 2 N–H and O–H groups in total. The Morgan fingerprint density at radius 2 is 1.69 bits per heavy atom. The van der Waals surface area contributed by atoms with Gasteiger partial charge in [-0.2, -0.15) is 0 Å². The Morgan fingerprint density at radius 1 is 1.00 bits per heavy atom. The fraction of sp³-hybridized carbons (Fsp3) is 0.190. The lowest BCUT2D eigenvalue weighted by atomic mass is 10.2. The van der Waals surface area contributed by atoms with Gasteiger partial charge in [-0.25, -0.2) is 4.98 Å². The largest absolute Gasteiger partial charge is 0.493 e. The van der Waals surface area contributed by atoms with Gasteiger partial charge in [0.2, 0.25) is 5.91 Å². The number of aromatic nitrogens is 1. The zero-order valence-electron chi connectivity index (χ0n) is 16.1. The maximum absolute atomic E-state index is 12.4. The molecule has 0 saturated heterocycles. The van der Waals surface area contributed by atoms with E-state index in [0.717, 1.165) is 10.6 Å². The highest BCUT2D eigenvalue weighted by Gasteiger charge is 2.16. The number of benzene rings is 2. The molecule has 0 saturated carbocycles. The second-order valence-electron chi connectivity index (χ2n) is 6.05. The number of carbonyl (C=O) groups is 2. The zero-order valence-corrected chi connectivity index (χ0v) is 16.9. The Hall–Kier alpha value is -3.39. The van der Waals surface area contributed by atoms with Crippen molar-refractivity contribution in [2.45, 2.75) is 13.3 Å². The quantitative estimate of drug-likeness (QED) is 0.582. The van der Waals surface area contributed by atoms with Crippen LogP contribution in [0.3, 0.4) is 0 Å². The lowest BCUT2D eigenvalue weighted by Crippen LogP contribution is -2.42. The van der Waals surface area contributed by atoms with E-state index in [2.05, 4.69) is 15.8 Å². The third kappa shape index (κ3) is 5.32. The van der Waals surface area contributed by atoms with Crippen molar-refractivity contribution < 1.29 is 19.1 Å². The van der Waals surface area contributed by atoms with E-state index in [0.29, 0.717) is 22.1 Å². The standard InChI is InChI=1S/C21H21N3O4S/c1-14-19(29-21(22-14)15-8-4-3-5-9-15)20(26)24-23-18(25)12-13-28-17-11-7-6-10-16(17)27-2/h3-11H,12-13H2,1-2H3,(H,23,25)(H,24,26). The van der Waals surface area contributed by atoms with Gasteiger partial charge in [-0.3, -0.25) is 20.4 Å². The van der Waals surface area contributed by atoms with Gasteiger partial charge in [0.05, 0.1) is 25.8 Å². The van der Waals surface area contributed by atoms with Crippen LogP contribution in [0.2, 0.25) is 0 Å². The van der Waals surface area contributed by atoms with E-state index in [1.54, 1.807) is 26.2 Å². The Balaban J connectivity index is 1.49. The molecule has 2 amide bonds. The first-order valence-electron chi connectivity index (χ1n) is 8.96. The number of hydrazine groups is 1. The fourth-order valence-electron chi connectivity index (χ4n) is 2.55. The molecule has 3 aromatic rings. The number of para-hydroxylation sites is 2. The summed E-state index contributed by atoms with van der Waals surface area (Å²) in [6.07, 6.45) is 0.0786. The number of ether oxygens (including phenoxy) is 2. The number of nitrogens with one attached hydrogen (secondary N) is 2. The molecular formula is C21H21N3O4S. The maximum Gasteiger partial charge on any atom is 0.281 e. The predicted octanol–water partition coefficient (Wildman–Crippen LogP) is 3.36. The van der Waals surface area contributed by atoms with Crippen molar-refractivity contribution in [3.8, 4) is 22.1 Å². The molecule has 0 radical (unpaired) electrons. The van der Waals surface area contributed by atoms with Crippen LogP contribution in [0.1, 0.15) is 21.8 Å². The van der Waals surface area contributed by atoms with E-state index in [-0.39, 0.29) is 18.9 Å². The van der Waals surface area contributed by atoms with Gasteiger partial charge in [0.1, 0.15) is 9.88 Å². The number of amides is 2. The minimum Gasteiger partial charge on any atom is -0.493 e. The van der Waals surface area contributed by atoms with E-state index >= 15 is 0 Å². The molecule has 0 fully saturated rings. The van der Waals surface area contributed by atoms with E-state index in [4.69, 9.17) is 9.47 Å². The molecule has 2 aromatic carbocycles. The molecule has 0 aliphatic heterocycles. The van der Waals surface area contributed by atoms with Crippen molar-refractivity contribution in [3.63, 3.8) is 0 Å². The average molecular weight is 411 g/mol. The van der Waals surface area contributed by atoms with Crippen molar-refractivity contribution in [2.75, 3.05) is 13.7 Å². The van der Waals surface area contributed by atoms with Crippen molar-refractivity contribution in [1.82, 2.24) is 15.8 Å². The molecular weight excluding hydrogens is 390 g/mol. The highest BCUT2D eigenvalue weighted by Crippen LogP contribution is 2.27. The Kier molecular flexibility index (Phi) is 6.80. The fourth-order valence-corrected chi connectivity index (χ4v) is 3.52. The molecule has 0 unspecified atom stereocenters. The third-order valence-corrected chi connectivity index (χ3v) is 5.20. The number of nitrogens with zero attached hydrogens (tertiary/aromatic N) is 1. The molecule has 8 heteroatoms. The number of hydrogen-bond donors (Lipinski definition) is 2. The highest BCUT2D eigenvalue weighted by atomic mass is 32.1. The molecule has 1 heterocycles. The highest BCUT2D eigenvalue weighted by molar-refractivity contribution is 7.17. The van der Waals surface area contributed by atoms with Crippen LogP contribution in [0.4, 0.5) is 0 Å². The number of carbonyl (C=O) groups excluding carboxylic acids is 2. The van der Waals surface area contributed by atoms with E-state index in [9.17, 15) is 9.59 Å². The summed E-state index contributed by atoms with van der Waals surface area (Å²) in [5, 5.41) is 0.754. The summed E-state index contributed by atoms with van der Waals surface area (Å²) < 4.78 is 10.7. The van der Waals surface area contributed by atoms with Crippen LogP contribution in [-0.4, -0.2) is 30.5 Å². The first-order chi connectivity index (χ1) is 14.1. The van der Waals surface area contributed by atoms with Gasteiger partial charge in [0.25, 0.3) is 5.91 Å². The molecule has 0 bridgehead atoms. The van der Waals surface area contributed by atoms with Crippen LogP contribution in [0.15, 0.2) is 54.6 Å². The topological polar surface area (TPSA) is 89.5 Å². The van der Waals surface area contributed by atoms with Gasteiger partial charge in [-0.1, -0.05) is 42.5 Å². The number of rotatable bonds is 7. The second-order valence-corrected chi connectivity index (χ2v) is 7.05. The van der Waals surface area contributed by atoms with Gasteiger partial charge in [0.15, 0.2) is 11.5 Å². The van der Waals surface area contributed by atoms with Crippen molar-refractivity contribution >= 4 is 23.2 Å². The number of aryl methyl sites for hydroxylation is 1. The molecule has 0 aliphatic rings. The molecule has 7 nitrogen and oxygen atoms in total. The molecule has 0 spiro atoms. The predicted molar refractivity (Wildman–Crippen MR) is 111 cm³/mol. The van der Waals surface area contributed by atoms with Crippen LogP contribution in [0, 0.1) is 6.92 Å². The van der Waals surface area contributed by atoms with E-state index in [1.807, 2.05) is 42.5 Å². The average Bonchev–Trinajstić information content (AvgIpc) is 3.15. The Morgan fingerprint density at radius 3 is 2.41 bits per heavy atom. The summed E-state index contributed by atoms with van der Waals surface area (Å²) in [5.74, 6) is 0.386. The smallest absolute Gasteiger partial charge is 0.281 e. The van der Waals surface area contributed by atoms with Crippen molar-refractivity contribution in [3.05, 3.63) is 65.2 Å². The molecule has 29 heavy (non-hydrogen) atoms. The zero-order chi connectivity index (χ0) is 20.6. The number of thiazole rings is 1. The lowest BCUT2D eigenvalue weighted by Gasteiger charge is -2.10. The normalized spacial score (nSPS) is 10.3. The van der Waals surface area contributed by atoms with Crippen molar-refractivity contribution in [2.24, 2.45) is 0 Å². The maximum atomic E-state index is 12.4. The van der Waals surface area contributed by atoms with Gasteiger partial charge in [-0.15, -0.1) is 11.3 Å². The van der Waals surface area contributed by atoms with Crippen molar-refractivity contribution in [1.29, 1.82) is 0 Å². The van der Waals surface area contributed by atoms with Gasteiger partial charge in [0, 0.05) is 5.56 Å². The Bertz CT molecular complexity index is 989. The third-order valence-electron chi connectivity index (χ3n) is 3.99. The summed E-state index contributed by atoms with van der Waals surface area (Å²) in [6, 6.07) is 16.8. The molecule has 0 atom stereocenters. The Labute approximate surface area is 172 Å². The number of methoxy groups -OCH3 is 1. The molecule has 1 aromatic heterocycles. The molecule has 0 aliphatic carbocycles. The summed E-state index contributed by atoms with van der Waals surface area (Å²) in [6.45, 7) is 1.92. The second kappa shape index (κ2) is 9.70. The van der Waals surface area contributed by atoms with E-state index in [1.165, 1.54) is 11.3 Å². The minimum absolute atomic E-state index is 0.0786. The summed E-state index contributed by atoms with van der Waals surface area (Å²) in [4.78, 5) is 29.3. The molecule has 3 rings (SSSR count). The SMILES string of the molecule is COc1ccccc1OCCC(=O)NNC(=O)c1sc(-c2ccccc2)nc1C. The monoisotopic (exact) mass is 411 g/mol. The first-order valence-corrected chi connectivity index (χ1v) is 9.78. The van der Waals surface area contributed by atoms with Crippen LogP contribution < -0.4 is 20.3 Å². The van der Waals surface area contributed by atoms with Crippen LogP contribution in [0.5, 0.6) is 11.5 Å². The number of hydrogen-bond acceptors (Lipinski definition) is 6. The summed E-state index contributed by atoms with van der Waals surface area (Å²) in [7, 11) is 1.55.